The zero-order chi connectivity index (χ0) is 29.5. The lowest BCUT2D eigenvalue weighted by molar-refractivity contribution is -0.138. The molecule has 1 aromatic heterocycles. The number of amides is 1. The summed E-state index contributed by atoms with van der Waals surface area (Å²) in [6.07, 6.45) is 1.05. The number of aryl methyl sites for hydroxylation is 4. The average Bonchev–Trinajstić information content (AvgIpc) is 2.93. The van der Waals surface area contributed by atoms with Crippen LogP contribution in [0.2, 0.25) is 0 Å². The summed E-state index contributed by atoms with van der Waals surface area (Å²) in [7, 11) is 0. The molecule has 0 saturated heterocycles. The number of esters is 1. The highest BCUT2D eigenvalue weighted by Gasteiger charge is 2.17. The fraction of sp³-hybridized carbons (Fsp3) is 0.219. The van der Waals surface area contributed by atoms with Gasteiger partial charge in [0.1, 0.15) is 18.1 Å². The summed E-state index contributed by atoms with van der Waals surface area (Å²) in [4.78, 5) is 37.4. The Balaban J connectivity index is 1.60. The highest BCUT2D eigenvalue weighted by molar-refractivity contribution is 5.81. The van der Waals surface area contributed by atoms with E-state index in [-0.39, 0.29) is 31.3 Å². The number of hydrogen-bond donors (Lipinski definition) is 2. The monoisotopic (exact) mass is 552 g/mol. The number of nitrogens with one attached hydrogen (secondary N) is 1. The van der Waals surface area contributed by atoms with Crippen LogP contribution < -0.4 is 10.1 Å². The van der Waals surface area contributed by atoms with Gasteiger partial charge in [-0.05, 0) is 51.0 Å². The third-order valence-electron chi connectivity index (χ3n) is 6.30. The van der Waals surface area contributed by atoms with Crippen molar-refractivity contribution < 1.29 is 24.2 Å². The van der Waals surface area contributed by atoms with Crippen LogP contribution in [0.1, 0.15) is 22.3 Å². The number of aromatic nitrogens is 3. The summed E-state index contributed by atoms with van der Waals surface area (Å²) in [6.45, 7) is 11.3. The number of benzene rings is 3. The van der Waals surface area contributed by atoms with Gasteiger partial charge in [-0.25, -0.2) is 19.7 Å². The molecule has 3 aromatic carbocycles. The lowest BCUT2D eigenvalue weighted by atomic mass is 10.0. The topological polar surface area (TPSA) is 124 Å². The van der Waals surface area contributed by atoms with E-state index in [1.54, 1.807) is 12.1 Å². The third kappa shape index (κ3) is 7.33. The Morgan fingerprint density at radius 2 is 1.37 bits per heavy atom. The SMILES string of the molecule is C=CC(=O)OCCNC(=O)COc1ccc(-c2nc(-c3ccc(C)cc3C)nc(-c3ccc(C)cc3C)n2)c(O)c1. The van der Waals surface area contributed by atoms with Crippen LogP contribution in [0.15, 0.2) is 67.3 Å². The number of phenols is 1. The molecule has 0 bridgehead atoms. The molecule has 9 heteroatoms. The van der Waals surface area contributed by atoms with Crippen molar-refractivity contribution in [2.24, 2.45) is 0 Å². The Labute approximate surface area is 238 Å². The second-order valence-electron chi connectivity index (χ2n) is 9.63. The second kappa shape index (κ2) is 12.9. The van der Waals surface area contributed by atoms with Crippen LogP contribution in [0.4, 0.5) is 0 Å². The standard InChI is InChI=1S/C32H32N4O5/c1-6-29(39)40-14-13-33-28(38)18-41-23-9-12-26(27(37)17-23)32-35-30(24-10-7-19(2)15-21(24)4)34-31(36-32)25-11-8-20(3)16-22(25)5/h6-12,15-17,37H,1,13-14,18H2,2-5H3,(H,33,38). The Morgan fingerprint density at radius 3 is 1.88 bits per heavy atom. The van der Waals surface area contributed by atoms with Gasteiger partial charge in [0.05, 0.1) is 12.1 Å². The van der Waals surface area contributed by atoms with Gasteiger partial charge in [0.2, 0.25) is 0 Å². The Morgan fingerprint density at radius 1 is 0.829 bits per heavy atom. The van der Waals surface area contributed by atoms with E-state index in [1.165, 1.54) is 6.07 Å². The summed E-state index contributed by atoms with van der Waals surface area (Å²) >= 11 is 0. The Kier molecular flexibility index (Phi) is 9.08. The zero-order valence-electron chi connectivity index (χ0n) is 23.5. The van der Waals surface area contributed by atoms with Crippen LogP contribution >= 0.6 is 0 Å². The van der Waals surface area contributed by atoms with Crippen molar-refractivity contribution in [2.45, 2.75) is 27.7 Å². The van der Waals surface area contributed by atoms with Gasteiger partial charge < -0.3 is 19.9 Å². The minimum Gasteiger partial charge on any atom is -0.507 e. The van der Waals surface area contributed by atoms with Crippen molar-refractivity contribution in [3.63, 3.8) is 0 Å². The third-order valence-corrected chi connectivity index (χ3v) is 6.30. The van der Waals surface area contributed by atoms with Crippen molar-refractivity contribution in [3.05, 3.63) is 89.5 Å². The zero-order valence-corrected chi connectivity index (χ0v) is 23.5. The first kappa shape index (κ1) is 28.9. The molecule has 0 spiro atoms. The molecule has 2 N–H and O–H groups in total. The summed E-state index contributed by atoms with van der Waals surface area (Å²) in [5.74, 6) is 0.515. The molecule has 0 atom stereocenters. The van der Waals surface area contributed by atoms with E-state index in [1.807, 2.05) is 52.0 Å². The molecule has 210 valence electrons. The van der Waals surface area contributed by atoms with Gasteiger partial charge in [0, 0.05) is 23.3 Å². The van der Waals surface area contributed by atoms with Gasteiger partial charge in [0.15, 0.2) is 24.1 Å². The molecule has 41 heavy (non-hydrogen) atoms. The highest BCUT2D eigenvalue weighted by atomic mass is 16.5. The molecule has 0 unspecified atom stereocenters. The molecular weight excluding hydrogens is 520 g/mol. The number of nitrogens with zero attached hydrogens (tertiary/aromatic N) is 3. The number of carbonyl (C=O) groups excluding carboxylic acids is 2. The molecule has 0 fully saturated rings. The van der Waals surface area contributed by atoms with Gasteiger partial charge in [-0.15, -0.1) is 0 Å². The van der Waals surface area contributed by atoms with Crippen LogP contribution in [0.5, 0.6) is 11.5 Å². The summed E-state index contributed by atoms with van der Waals surface area (Å²) in [5, 5.41) is 13.5. The smallest absolute Gasteiger partial charge is 0.330 e. The Hall–Kier alpha value is -5.05. The fourth-order valence-electron chi connectivity index (χ4n) is 4.26. The maximum atomic E-state index is 12.1. The van der Waals surface area contributed by atoms with Crippen LogP contribution in [0.25, 0.3) is 34.2 Å². The quantitative estimate of drug-likeness (QED) is 0.159. The molecule has 4 aromatic rings. The predicted octanol–water partition coefficient (Wildman–Crippen LogP) is 5.04. The van der Waals surface area contributed by atoms with Crippen molar-refractivity contribution in [3.8, 4) is 45.7 Å². The lowest BCUT2D eigenvalue weighted by Crippen LogP contribution is -2.32. The fourth-order valence-corrected chi connectivity index (χ4v) is 4.26. The number of rotatable bonds is 10. The molecule has 0 aliphatic carbocycles. The Bertz CT molecular complexity index is 1550. The first-order valence-electron chi connectivity index (χ1n) is 13.1. The van der Waals surface area contributed by atoms with E-state index in [0.29, 0.717) is 23.0 Å². The van der Waals surface area contributed by atoms with E-state index in [0.717, 1.165) is 39.5 Å². The molecule has 0 radical (unpaired) electrons. The largest absolute Gasteiger partial charge is 0.507 e. The molecule has 0 aliphatic rings. The maximum Gasteiger partial charge on any atom is 0.330 e. The lowest BCUT2D eigenvalue weighted by Gasteiger charge is -2.13. The van der Waals surface area contributed by atoms with Crippen LogP contribution in [-0.2, 0) is 14.3 Å². The molecule has 4 rings (SSSR count). The molecule has 1 amide bonds. The minimum atomic E-state index is -0.563. The van der Waals surface area contributed by atoms with Gasteiger partial charge in [0.25, 0.3) is 5.91 Å². The molecule has 9 nitrogen and oxygen atoms in total. The predicted molar refractivity (Wildman–Crippen MR) is 156 cm³/mol. The summed E-state index contributed by atoms with van der Waals surface area (Å²) < 4.78 is 10.3. The number of hydrogen-bond acceptors (Lipinski definition) is 8. The first-order valence-corrected chi connectivity index (χ1v) is 13.1. The van der Waals surface area contributed by atoms with Crippen molar-refractivity contribution in [1.29, 1.82) is 0 Å². The molecule has 1 heterocycles. The van der Waals surface area contributed by atoms with Crippen molar-refractivity contribution in [1.82, 2.24) is 20.3 Å². The number of phenolic OH excluding ortho intramolecular Hbond substituents is 1. The van der Waals surface area contributed by atoms with E-state index in [2.05, 4.69) is 24.0 Å². The van der Waals surface area contributed by atoms with Crippen LogP contribution in [0.3, 0.4) is 0 Å². The number of carbonyl (C=O) groups is 2. The summed E-state index contributed by atoms with van der Waals surface area (Å²) in [5.41, 5.74) is 6.45. The van der Waals surface area contributed by atoms with Crippen LogP contribution in [-0.4, -0.2) is 51.7 Å². The van der Waals surface area contributed by atoms with Crippen LogP contribution in [0, 0.1) is 27.7 Å². The number of aromatic hydroxyl groups is 1. The van der Waals surface area contributed by atoms with Crippen molar-refractivity contribution in [2.75, 3.05) is 19.8 Å². The van der Waals surface area contributed by atoms with Gasteiger partial charge in [-0.1, -0.05) is 54.1 Å². The normalized spacial score (nSPS) is 10.6. The minimum absolute atomic E-state index is 0.0201. The molecule has 0 saturated carbocycles. The van der Waals surface area contributed by atoms with Gasteiger partial charge in [-0.3, -0.25) is 4.79 Å². The first-order chi connectivity index (χ1) is 19.6. The van der Waals surface area contributed by atoms with E-state index >= 15 is 0 Å². The van der Waals surface area contributed by atoms with E-state index in [4.69, 9.17) is 24.4 Å². The van der Waals surface area contributed by atoms with E-state index in [9.17, 15) is 14.7 Å². The van der Waals surface area contributed by atoms with Gasteiger partial charge >= 0.3 is 5.97 Å². The van der Waals surface area contributed by atoms with Gasteiger partial charge in [-0.2, -0.15) is 0 Å². The maximum absolute atomic E-state index is 12.1. The average molecular weight is 553 g/mol. The second-order valence-corrected chi connectivity index (χ2v) is 9.63. The summed E-state index contributed by atoms with van der Waals surface area (Å²) in [6, 6.07) is 16.8. The molecule has 0 aliphatic heterocycles. The highest BCUT2D eigenvalue weighted by Crippen LogP contribution is 2.34. The van der Waals surface area contributed by atoms with Crippen molar-refractivity contribution >= 4 is 11.9 Å². The number of ether oxygens (including phenoxy) is 2. The molecular formula is C32H32N4O5. The van der Waals surface area contributed by atoms with E-state index < -0.39 is 11.9 Å².